The first-order valence-electron chi connectivity index (χ1n) is 10.6. The van der Waals surface area contributed by atoms with Gasteiger partial charge in [-0.25, -0.2) is 4.98 Å². The molecule has 1 atom stereocenters. The van der Waals surface area contributed by atoms with Crippen molar-refractivity contribution in [3.63, 3.8) is 0 Å². The molecule has 0 bridgehead atoms. The van der Waals surface area contributed by atoms with E-state index in [4.69, 9.17) is 21.1 Å². The van der Waals surface area contributed by atoms with Gasteiger partial charge in [0.1, 0.15) is 5.82 Å². The number of halogens is 1. The van der Waals surface area contributed by atoms with Gasteiger partial charge < -0.3 is 19.8 Å². The van der Waals surface area contributed by atoms with Crippen molar-refractivity contribution in [3.8, 4) is 11.5 Å². The molecule has 172 valence electrons. The lowest BCUT2D eigenvalue weighted by Crippen LogP contribution is -2.31. The summed E-state index contributed by atoms with van der Waals surface area (Å²) in [4.78, 5) is 32.9. The highest BCUT2D eigenvalue weighted by Crippen LogP contribution is 2.38. The van der Waals surface area contributed by atoms with E-state index in [1.165, 1.54) is 11.8 Å². The van der Waals surface area contributed by atoms with E-state index in [0.29, 0.717) is 45.4 Å². The van der Waals surface area contributed by atoms with Gasteiger partial charge in [-0.1, -0.05) is 48.5 Å². The lowest BCUT2D eigenvalue weighted by molar-refractivity contribution is -0.116. The second-order valence-corrected chi connectivity index (χ2v) is 9.01. The Kier molecular flexibility index (Phi) is 7.25. The first kappa shape index (κ1) is 23.2. The number of methoxy groups -OCH3 is 1. The summed E-state index contributed by atoms with van der Waals surface area (Å²) >= 11 is 7.32. The molecular weight excluding hydrogens is 462 g/mol. The number of benzene rings is 2. The highest BCUT2D eigenvalue weighted by Gasteiger charge is 2.31. The molecule has 3 aromatic rings. The molecule has 0 spiro atoms. The Bertz CT molecular complexity index is 1210. The minimum absolute atomic E-state index is 0.146. The number of carbonyl (C=O) groups excluding carboxylic acids is 1. The van der Waals surface area contributed by atoms with Crippen LogP contribution in [0.15, 0.2) is 52.4 Å². The van der Waals surface area contributed by atoms with Gasteiger partial charge in [0.2, 0.25) is 5.91 Å². The largest absolute Gasteiger partial charge is 0.493 e. The van der Waals surface area contributed by atoms with Gasteiger partial charge >= 0.3 is 0 Å². The number of fused-ring (bicyclic) bond motifs is 1. The van der Waals surface area contributed by atoms with E-state index in [2.05, 4.69) is 15.3 Å². The zero-order chi connectivity index (χ0) is 23.4. The van der Waals surface area contributed by atoms with Crippen LogP contribution in [0, 0.1) is 0 Å². The predicted molar refractivity (Wildman–Crippen MR) is 130 cm³/mol. The van der Waals surface area contributed by atoms with Gasteiger partial charge in [0, 0.05) is 23.1 Å². The summed E-state index contributed by atoms with van der Waals surface area (Å²) in [6, 6.07) is 13.0. The summed E-state index contributed by atoms with van der Waals surface area (Å²) in [5.41, 5.74) is 2.01. The Labute approximate surface area is 200 Å². The molecule has 1 aromatic heterocycles. The van der Waals surface area contributed by atoms with E-state index >= 15 is 0 Å². The van der Waals surface area contributed by atoms with Crippen LogP contribution in [-0.2, 0) is 10.5 Å². The SMILES string of the molecule is CCCOc1ccc(C2CC(=O)Nc3nc(SCc4ccc(Cl)cc4)[nH]c(=O)c32)cc1OC. The number of aromatic nitrogens is 2. The van der Waals surface area contributed by atoms with Crippen LogP contribution in [0.25, 0.3) is 0 Å². The minimum atomic E-state index is -0.436. The van der Waals surface area contributed by atoms with E-state index in [9.17, 15) is 9.59 Å². The third-order valence-corrected chi connectivity index (χ3v) is 6.47. The molecule has 1 aliphatic rings. The maximum Gasteiger partial charge on any atom is 0.257 e. The molecule has 0 saturated carbocycles. The van der Waals surface area contributed by atoms with E-state index < -0.39 is 5.92 Å². The number of nitrogens with zero attached hydrogens (tertiary/aromatic N) is 1. The number of carbonyl (C=O) groups is 1. The van der Waals surface area contributed by atoms with E-state index in [1.807, 2.05) is 49.4 Å². The number of amides is 1. The molecule has 2 heterocycles. The van der Waals surface area contributed by atoms with Crippen LogP contribution in [0.5, 0.6) is 11.5 Å². The molecular formula is C24H24ClN3O4S. The molecule has 0 aliphatic carbocycles. The van der Waals surface area contributed by atoms with Crippen LogP contribution in [-0.4, -0.2) is 29.6 Å². The number of rotatable bonds is 8. The van der Waals surface area contributed by atoms with Gasteiger partial charge in [-0.3, -0.25) is 9.59 Å². The third-order valence-electron chi connectivity index (χ3n) is 5.27. The number of ether oxygens (including phenoxy) is 2. The van der Waals surface area contributed by atoms with Crippen molar-refractivity contribution in [2.75, 3.05) is 19.0 Å². The maximum atomic E-state index is 13.1. The lowest BCUT2D eigenvalue weighted by Gasteiger charge is -2.25. The summed E-state index contributed by atoms with van der Waals surface area (Å²) in [6.45, 7) is 2.60. The average Bonchev–Trinajstić information content (AvgIpc) is 2.81. The van der Waals surface area contributed by atoms with Gasteiger partial charge in [0.05, 0.1) is 19.3 Å². The number of thioether (sulfide) groups is 1. The fraction of sp³-hybridized carbons (Fsp3) is 0.292. The van der Waals surface area contributed by atoms with Gasteiger partial charge in [-0.05, 0) is 41.8 Å². The molecule has 0 fully saturated rings. The highest BCUT2D eigenvalue weighted by molar-refractivity contribution is 7.98. The normalized spacial score (nSPS) is 15.0. The first-order valence-corrected chi connectivity index (χ1v) is 12.0. The minimum Gasteiger partial charge on any atom is -0.493 e. The monoisotopic (exact) mass is 485 g/mol. The van der Waals surface area contributed by atoms with Crippen LogP contribution >= 0.6 is 23.4 Å². The van der Waals surface area contributed by atoms with Crippen molar-refractivity contribution in [1.82, 2.24) is 9.97 Å². The molecule has 9 heteroatoms. The smallest absolute Gasteiger partial charge is 0.257 e. The first-order chi connectivity index (χ1) is 16.0. The Morgan fingerprint density at radius 1 is 1.15 bits per heavy atom. The van der Waals surface area contributed by atoms with E-state index in [1.54, 1.807) is 7.11 Å². The number of anilines is 1. The van der Waals surface area contributed by atoms with Crippen LogP contribution < -0.4 is 20.3 Å². The third kappa shape index (κ3) is 5.34. The number of nitrogens with one attached hydrogen (secondary N) is 2. The summed E-state index contributed by atoms with van der Waals surface area (Å²) < 4.78 is 11.2. The van der Waals surface area contributed by atoms with Crippen molar-refractivity contribution in [1.29, 1.82) is 0 Å². The van der Waals surface area contributed by atoms with Crippen LogP contribution in [0.4, 0.5) is 5.82 Å². The molecule has 0 radical (unpaired) electrons. The maximum absolute atomic E-state index is 13.1. The zero-order valence-corrected chi connectivity index (χ0v) is 19.9. The number of H-pyrrole nitrogens is 1. The Balaban J connectivity index is 1.62. The van der Waals surface area contributed by atoms with E-state index in [0.717, 1.165) is 17.5 Å². The summed E-state index contributed by atoms with van der Waals surface area (Å²) in [7, 11) is 1.57. The predicted octanol–water partition coefficient (Wildman–Crippen LogP) is 4.99. The Morgan fingerprint density at radius 3 is 2.67 bits per heavy atom. The van der Waals surface area contributed by atoms with Crippen molar-refractivity contribution in [3.05, 3.63) is 74.5 Å². The Morgan fingerprint density at radius 2 is 1.94 bits per heavy atom. The number of hydrogen-bond acceptors (Lipinski definition) is 6. The van der Waals surface area contributed by atoms with Crippen LogP contribution in [0.2, 0.25) is 5.02 Å². The second-order valence-electron chi connectivity index (χ2n) is 7.61. The van der Waals surface area contributed by atoms with Crippen LogP contribution in [0.1, 0.15) is 42.4 Å². The molecule has 0 saturated heterocycles. The van der Waals surface area contributed by atoms with Gasteiger partial charge in [0.25, 0.3) is 5.56 Å². The average molecular weight is 486 g/mol. The van der Waals surface area contributed by atoms with Crippen molar-refractivity contribution < 1.29 is 14.3 Å². The molecule has 7 nitrogen and oxygen atoms in total. The molecule has 1 unspecified atom stereocenters. The van der Waals surface area contributed by atoms with Gasteiger partial charge in [0.15, 0.2) is 16.7 Å². The van der Waals surface area contributed by atoms with Crippen molar-refractivity contribution >= 4 is 35.1 Å². The summed E-state index contributed by atoms with van der Waals surface area (Å²) in [5.74, 6) is 1.47. The van der Waals surface area contributed by atoms with E-state index in [-0.39, 0.29) is 17.9 Å². The van der Waals surface area contributed by atoms with Crippen LogP contribution in [0.3, 0.4) is 0 Å². The molecule has 1 aliphatic heterocycles. The summed E-state index contributed by atoms with van der Waals surface area (Å²) in [6.07, 6.45) is 1.02. The molecule has 2 N–H and O–H groups in total. The van der Waals surface area contributed by atoms with Crippen molar-refractivity contribution in [2.45, 2.75) is 36.6 Å². The lowest BCUT2D eigenvalue weighted by atomic mass is 9.86. The van der Waals surface area contributed by atoms with Crippen molar-refractivity contribution in [2.24, 2.45) is 0 Å². The Hall–Kier alpha value is -2.97. The molecule has 33 heavy (non-hydrogen) atoms. The quantitative estimate of drug-likeness (QED) is 0.345. The molecule has 4 rings (SSSR count). The molecule has 1 amide bonds. The topological polar surface area (TPSA) is 93.3 Å². The van der Waals surface area contributed by atoms with Gasteiger partial charge in [-0.15, -0.1) is 0 Å². The second kappa shape index (κ2) is 10.3. The summed E-state index contributed by atoms with van der Waals surface area (Å²) in [5, 5.41) is 3.86. The van der Waals surface area contributed by atoms with Gasteiger partial charge in [-0.2, -0.15) is 0 Å². The zero-order valence-electron chi connectivity index (χ0n) is 18.3. The fourth-order valence-electron chi connectivity index (χ4n) is 3.67. The number of aromatic amines is 1. The number of hydrogen-bond donors (Lipinski definition) is 2. The molecule has 2 aromatic carbocycles. The standard InChI is InChI=1S/C24H24ClN3O4S/c1-3-10-32-18-9-6-15(11-19(18)31-2)17-12-20(29)26-22-21(17)23(30)28-24(27-22)33-13-14-4-7-16(25)8-5-14/h4-9,11,17H,3,10,12-13H2,1-2H3,(H2,26,27,28,29,30). The fourth-order valence-corrected chi connectivity index (χ4v) is 4.61. The highest BCUT2D eigenvalue weighted by atomic mass is 35.5.